The van der Waals surface area contributed by atoms with E-state index in [1.807, 2.05) is 6.07 Å². The van der Waals surface area contributed by atoms with E-state index >= 15 is 0 Å². The Morgan fingerprint density at radius 3 is 2.41 bits per heavy atom. The molecule has 2 rings (SSSR count). The summed E-state index contributed by atoms with van der Waals surface area (Å²) in [6.07, 6.45) is 0. The Labute approximate surface area is 115 Å². The highest BCUT2D eigenvalue weighted by Gasteiger charge is 2.17. The molecule has 0 saturated heterocycles. The average Bonchev–Trinajstić information content (AvgIpc) is 2.28. The molecule has 1 nitrogen and oxygen atoms in total. The van der Waals surface area contributed by atoms with Gasteiger partial charge in [0.2, 0.25) is 0 Å². The number of carbonyl (C=O) groups excluding carboxylic acids is 1. The monoisotopic (exact) mass is 355 g/mol. The fraction of sp³-hybridized carbons (Fsp3) is 0. The molecule has 2 aromatic carbocycles. The van der Waals surface area contributed by atoms with E-state index in [2.05, 4.69) is 37.9 Å². The van der Waals surface area contributed by atoms with Crippen LogP contribution < -0.4 is 0 Å². The van der Waals surface area contributed by atoms with Gasteiger partial charge >= 0.3 is 0 Å². The number of hydrogen-bond donors (Lipinski definition) is 0. The summed E-state index contributed by atoms with van der Waals surface area (Å²) in [5, 5.41) is 0. The molecule has 0 atom stereocenters. The van der Waals surface area contributed by atoms with Crippen molar-refractivity contribution >= 4 is 37.6 Å². The maximum atomic E-state index is 13.0. The van der Waals surface area contributed by atoms with Crippen LogP contribution in [0.1, 0.15) is 15.9 Å². The maximum absolute atomic E-state index is 13.0. The first kappa shape index (κ1) is 12.5. The summed E-state index contributed by atoms with van der Waals surface area (Å²) in [5.41, 5.74) is 0.923. The molecule has 0 fully saturated rings. The Hall–Kier alpha value is -1.00. The van der Waals surface area contributed by atoms with Gasteiger partial charge in [0.25, 0.3) is 0 Å². The van der Waals surface area contributed by atoms with Gasteiger partial charge < -0.3 is 0 Å². The fourth-order valence-electron chi connectivity index (χ4n) is 1.43. The van der Waals surface area contributed by atoms with Crippen LogP contribution in [0.4, 0.5) is 4.39 Å². The minimum atomic E-state index is -0.520. The molecule has 0 heterocycles. The van der Waals surface area contributed by atoms with Crippen molar-refractivity contribution in [2.24, 2.45) is 0 Å². The second kappa shape index (κ2) is 5.10. The van der Waals surface area contributed by atoms with Gasteiger partial charge in [0.05, 0.1) is 5.56 Å². The number of ketones is 1. The van der Waals surface area contributed by atoms with E-state index in [9.17, 15) is 9.18 Å². The molecular weight excluding hydrogens is 351 g/mol. The average molecular weight is 357 g/mol. The van der Waals surface area contributed by atoms with Crippen molar-refractivity contribution in [3.8, 4) is 0 Å². The van der Waals surface area contributed by atoms with Crippen molar-refractivity contribution in [2.45, 2.75) is 0 Å². The highest BCUT2D eigenvalue weighted by Crippen LogP contribution is 2.28. The second-order valence-corrected chi connectivity index (χ2v) is 5.00. The Morgan fingerprint density at radius 2 is 1.82 bits per heavy atom. The third-order valence-electron chi connectivity index (χ3n) is 2.20. The summed E-state index contributed by atoms with van der Waals surface area (Å²) in [5.74, 6) is -0.700. The van der Waals surface area contributed by atoms with Gasteiger partial charge in [-0.1, -0.05) is 30.3 Å². The Balaban J connectivity index is 2.52. The molecule has 0 aliphatic carbocycles. The number of benzene rings is 2. The standard InChI is InChI=1S/C13H6Br2FO/c14-10-6-9(16)7-11(15)12(10)13(17)8-4-2-1-3-5-8/h1-6H. The predicted octanol–water partition coefficient (Wildman–Crippen LogP) is 4.38. The first-order chi connectivity index (χ1) is 8.09. The third kappa shape index (κ3) is 2.64. The van der Waals surface area contributed by atoms with Crippen molar-refractivity contribution in [3.05, 3.63) is 68.4 Å². The zero-order valence-corrected chi connectivity index (χ0v) is 11.7. The normalized spacial score (nSPS) is 10.3. The number of rotatable bonds is 2. The van der Waals surface area contributed by atoms with Gasteiger partial charge in [-0.2, -0.15) is 0 Å². The van der Waals surface area contributed by atoms with E-state index in [4.69, 9.17) is 0 Å². The van der Waals surface area contributed by atoms with Gasteiger partial charge in [0.15, 0.2) is 5.78 Å². The molecule has 17 heavy (non-hydrogen) atoms. The van der Waals surface area contributed by atoms with Gasteiger partial charge in [0, 0.05) is 20.6 Å². The molecule has 1 radical (unpaired) electrons. The van der Waals surface area contributed by atoms with E-state index < -0.39 is 5.82 Å². The van der Waals surface area contributed by atoms with E-state index in [-0.39, 0.29) is 5.78 Å². The summed E-state index contributed by atoms with van der Waals surface area (Å²) in [4.78, 5) is 12.2. The Bertz CT molecular complexity index is 544. The van der Waals surface area contributed by atoms with E-state index in [1.54, 1.807) is 24.3 Å². The van der Waals surface area contributed by atoms with Crippen LogP contribution in [-0.2, 0) is 0 Å². The van der Waals surface area contributed by atoms with Gasteiger partial charge in [-0.05, 0) is 37.9 Å². The first-order valence-corrected chi connectivity index (χ1v) is 6.35. The van der Waals surface area contributed by atoms with Crippen LogP contribution in [-0.4, -0.2) is 5.78 Å². The molecule has 4 heteroatoms. The van der Waals surface area contributed by atoms with Crippen LogP contribution in [0.25, 0.3) is 0 Å². The molecule has 0 N–H and O–H groups in total. The van der Waals surface area contributed by atoms with E-state index in [1.165, 1.54) is 6.07 Å². The van der Waals surface area contributed by atoms with Crippen LogP contribution in [0.15, 0.2) is 45.3 Å². The summed E-state index contributed by atoms with van der Waals surface area (Å²) in [6, 6.07) is 12.5. The zero-order valence-electron chi connectivity index (χ0n) is 8.51. The zero-order chi connectivity index (χ0) is 12.4. The van der Waals surface area contributed by atoms with Crippen molar-refractivity contribution in [1.29, 1.82) is 0 Å². The van der Waals surface area contributed by atoms with Crippen LogP contribution in [0, 0.1) is 11.9 Å². The molecule has 0 spiro atoms. The summed E-state index contributed by atoms with van der Waals surface area (Å²) < 4.78 is 13.8. The molecule has 0 amide bonds. The molecule has 85 valence electrons. The van der Waals surface area contributed by atoms with Crippen LogP contribution in [0.5, 0.6) is 0 Å². The van der Waals surface area contributed by atoms with Crippen LogP contribution in [0.2, 0.25) is 0 Å². The highest BCUT2D eigenvalue weighted by atomic mass is 79.9. The lowest BCUT2D eigenvalue weighted by Crippen LogP contribution is -2.04. The molecule has 0 aliphatic heterocycles. The molecule has 0 aliphatic rings. The number of hydrogen-bond acceptors (Lipinski definition) is 1. The van der Waals surface area contributed by atoms with Crippen molar-refractivity contribution in [3.63, 3.8) is 0 Å². The minimum Gasteiger partial charge on any atom is -0.289 e. The molecule has 0 unspecified atom stereocenters. The second-order valence-electron chi connectivity index (χ2n) is 3.35. The van der Waals surface area contributed by atoms with E-state index in [0.717, 1.165) is 0 Å². The van der Waals surface area contributed by atoms with Crippen LogP contribution in [0.3, 0.4) is 0 Å². The lowest BCUT2D eigenvalue weighted by atomic mass is 10.0. The molecule has 2 aromatic rings. The smallest absolute Gasteiger partial charge is 0.195 e. The van der Waals surface area contributed by atoms with Gasteiger partial charge in [0.1, 0.15) is 5.82 Å². The van der Waals surface area contributed by atoms with Crippen LogP contribution >= 0.6 is 31.9 Å². The summed E-state index contributed by atoms with van der Waals surface area (Å²) >= 11 is 6.33. The molecule has 0 aromatic heterocycles. The number of carbonyl (C=O) groups is 1. The minimum absolute atomic E-state index is 0.180. The summed E-state index contributed by atoms with van der Waals surface area (Å²) in [6.45, 7) is 0. The molecule has 0 saturated carbocycles. The van der Waals surface area contributed by atoms with Crippen molar-refractivity contribution < 1.29 is 9.18 Å². The summed E-state index contributed by atoms with van der Waals surface area (Å²) in [7, 11) is 0. The first-order valence-electron chi connectivity index (χ1n) is 4.76. The lowest BCUT2D eigenvalue weighted by Gasteiger charge is -2.06. The molecule has 0 bridgehead atoms. The van der Waals surface area contributed by atoms with Crippen molar-refractivity contribution in [1.82, 2.24) is 0 Å². The quantitative estimate of drug-likeness (QED) is 0.729. The highest BCUT2D eigenvalue weighted by molar-refractivity contribution is 9.11. The number of halogens is 3. The van der Waals surface area contributed by atoms with Gasteiger partial charge in [-0.25, -0.2) is 4.39 Å². The topological polar surface area (TPSA) is 17.1 Å². The molecular formula is C13H6Br2FO. The van der Waals surface area contributed by atoms with Gasteiger partial charge in [-0.3, -0.25) is 4.79 Å². The van der Waals surface area contributed by atoms with Gasteiger partial charge in [-0.15, -0.1) is 0 Å². The predicted molar refractivity (Wildman–Crippen MR) is 70.5 cm³/mol. The largest absolute Gasteiger partial charge is 0.289 e. The lowest BCUT2D eigenvalue weighted by molar-refractivity contribution is 0.103. The SMILES string of the molecule is O=C(c1ccccc1)c1c(Br)[c]c(F)cc1Br. The third-order valence-corrected chi connectivity index (χ3v) is 3.42. The Kier molecular flexibility index (Phi) is 3.74. The van der Waals surface area contributed by atoms with E-state index in [0.29, 0.717) is 20.1 Å². The fourth-order valence-corrected chi connectivity index (χ4v) is 2.86. The van der Waals surface area contributed by atoms with Crippen molar-refractivity contribution in [2.75, 3.05) is 0 Å². The maximum Gasteiger partial charge on any atom is 0.195 e. The Morgan fingerprint density at radius 1 is 1.18 bits per heavy atom.